The van der Waals surface area contributed by atoms with Crippen LogP contribution in [-0.2, 0) is 0 Å². The van der Waals surface area contributed by atoms with Crippen molar-refractivity contribution in [3.8, 4) is 0 Å². The van der Waals surface area contributed by atoms with Crippen molar-refractivity contribution in [2.45, 2.75) is 33.6 Å². The van der Waals surface area contributed by atoms with Crippen LogP contribution in [0, 0.1) is 16.7 Å². The van der Waals surface area contributed by atoms with Crippen molar-refractivity contribution in [1.29, 1.82) is 5.41 Å². The Morgan fingerprint density at radius 1 is 1.30 bits per heavy atom. The molecule has 110 valence electrons. The third-order valence-corrected chi connectivity index (χ3v) is 4.64. The van der Waals surface area contributed by atoms with Gasteiger partial charge in [-0.25, -0.2) is 0 Å². The van der Waals surface area contributed by atoms with E-state index in [0.717, 1.165) is 24.7 Å². The molecule has 0 spiro atoms. The van der Waals surface area contributed by atoms with Crippen LogP contribution in [0.4, 0.5) is 5.69 Å². The predicted molar refractivity (Wildman–Crippen MR) is 86.9 cm³/mol. The Labute approximate surface area is 126 Å². The summed E-state index contributed by atoms with van der Waals surface area (Å²) in [6.07, 6.45) is 2.44. The molecular formula is C16H24ClN3. The van der Waals surface area contributed by atoms with E-state index in [2.05, 4.69) is 25.7 Å². The number of hydrogen-bond acceptors (Lipinski definition) is 2. The van der Waals surface area contributed by atoms with Crippen LogP contribution in [0.5, 0.6) is 0 Å². The van der Waals surface area contributed by atoms with Crippen LogP contribution in [0.15, 0.2) is 18.2 Å². The minimum Gasteiger partial charge on any atom is -0.384 e. The first kappa shape index (κ1) is 15.2. The fraction of sp³-hybridized carbons (Fsp3) is 0.562. The Morgan fingerprint density at radius 3 is 2.35 bits per heavy atom. The maximum Gasteiger partial charge on any atom is 0.124 e. The SMILES string of the molecule is CC(C)(C)C1CCN(c2ccc(C(=N)N)c(Cl)c2)CC1. The number of nitrogen functional groups attached to an aromatic ring is 1. The number of benzene rings is 1. The summed E-state index contributed by atoms with van der Waals surface area (Å²) in [6, 6.07) is 5.78. The van der Waals surface area contributed by atoms with E-state index in [9.17, 15) is 0 Å². The lowest BCUT2D eigenvalue weighted by Crippen LogP contribution is -2.38. The minimum absolute atomic E-state index is 0.0213. The van der Waals surface area contributed by atoms with Crippen LogP contribution >= 0.6 is 11.6 Å². The lowest BCUT2D eigenvalue weighted by atomic mass is 9.75. The number of nitrogens with zero attached hydrogens (tertiary/aromatic N) is 1. The van der Waals surface area contributed by atoms with Crippen molar-refractivity contribution in [2.24, 2.45) is 17.1 Å². The van der Waals surface area contributed by atoms with Gasteiger partial charge in [0.05, 0.1) is 5.02 Å². The highest BCUT2D eigenvalue weighted by Crippen LogP contribution is 2.36. The van der Waals surface area contributed by atoms with Crippen molar-refractivity contribution in [3.05, 3.63) is 28.8 Å². The molecule has 1 aliphatic rings. The van der Waals surface area contributed by atoms with E-state index in [4.69, 9.17) is 22.7 Å². The second kappa shape index (κ2) is 5.65. The average molecular weight is 294 g/mol. The Kier molecular flexibility index (Phi) is 4.28. The molecule has 0 saturated carbocycles. The van der Waals surface area contributed by atoms with Crippen LogP contribution in [0.25, 0.3) is 0 Å². The van der Waals surface area contributed by atoms with Crippen LogP contribution in [0.2, 0.25) is 5.02 Å². The zero-order valence-corrected chi connectivity index (χ0v) is 13.3. The zero-order valence-electron chi connectivity index (χ0n) is 12.5. The van der Waals surface area contributed by atoms with Crippen LogP contribution in [-0.4, -0.2) is 18.9 Å². The molecule has 1 aromatic carbocycles. The first-order valence-corrected chi connectivity index (χ1v) is 7.55. The van der Waals surface area contributed by atoms with Gasteiger partial charge in [-0.05, 0) is 42.4 Å². The van der Waals surface area contributed by atoms with Gasteiger partial charge in [0.1, 0.15) is 5.84 Å². The van der Waals surface area contributed by atoms with E-state index in [1.54, 1.807) is 0 Å². The van der Waals surface area contributed by atoms with E-state index in [1.165, 1.54) is 12.8 Å². The van der Waals surface area contributed by atoms with Gasteiger partial charge >= 0.3 is 0 Å². The van der Waals surface area contributed by atoms with E-state index >= 15 is 0 Å². The van der Waals surface area contributed by atoms with Crippen molar-refractivity contribution >= 4 is 23.1 Å². The molecular weight excluding hydrogens is 270 g/mol. The Bertz CT molecular complexity index is 497. The normalized spacial score (nSPS) is 17.3. The molecule has 0 radical (unpaired) electrons. The van der Waals surface area contributed by atoms with E-state index in [-0.39, 0.29) is 5.84 Å². The molecule has 0 aliphatic carbocycles. The predicted octanol–water partition coefficient (Wildman–Crippen LogP) is 3.89. The first-order valence-electron chi connectivity index (χ1n) is 7.18. The summed E-state index contributed by atoms with van der Waals surface area (Å²) < 4.78 is 0. The average Bonchev–Trinajstić information content (AvgIpc) is 2.37. The number of anilines is 1. The molecule has 0 bridgehead atoms. The summed E-state index contributed by atoms with van der Waals surface area (Å²) in [6.45, 7) is 9.11. The molecule has 0 aromatic heterocycles. The van der Waals surface area contributed by atoms with Crippen LogP contribution in [0.3, 0.4) is 0 Å². The van der Waals surface area contributed by atoms with Gasteiger partial charge in [0.25, 0.3) is 0 Å². The molecule has 1 aromatic rings. The molecule has 0 unspecified atom stereocenters. The number of nitrogens with one attached hydrogen (secondary N) is 1. The van der Waals surface area contributed by atoms with E-state index in [0.29, 0.717) is 16.0 Å². The van der Waals surface area contributed by atoms with Gasteiger partial charge in [0, 0.05) is 24.3 Å². The van der Waals surface area contributed by atoms with Gasteiger partial charge in [-0.15, -0.1) is 0 Å². The molecule has 0 amide bonds. The molecule has 0 atom stereocenters. The fourth-order valence-corrected chi connectivity index (χ4v) is 3.20. The molecule has 4 heteroatoms. The summed E-state index contributed by atoms with van der Waals surface area (Å²) in [5, 5.41) is 8.03. The highest BCUT2D eigenvalue weighted by atomic mass is 35.5. The smallest absolute Gasteiger partial charge is 0.124 e. The molecule has 1 fully saturated rings. The minimum atomic E-state index is 0.0213. The lowest BCUT2D eigenvalue weighted by Gasteiger charge is -2.39. The molecule has 3 nitrogen and oxygen atoms in total. The van der Waals surface area contributed by atoms with Gasteiger partial charge in [0.15, 0.2) is 0 Å². The van der Waals surface area contributed by atoms with Crippen LogP contribution in [0.1, 0.15) is 39.2 Å². The van der Waals surface area contributed by atoms with Crippen LogP contribution < -0.4 is 10.6 Å². The zero-order chi connectivity index (χ0) is 14.9. The maximum atomic E-state index is 7.47. The van der Waals surface area contributed by atoms with Gasteiger partial charge < -0.3 is 10.6 Å². The Balaban J connectivity index is 2.08. The third-order valence-electron chi connectivity index (χ3n) is 4.33. The van der Waals surface area contributed by atoms with Crippen molar-refractivity contribution in [3.63, 3.8) is 0 Å². The third kappa shape index (κ3) is 3.26. The number of nitrogens with two attached hydrogens (primary N) is 1. The highest BCUT2D eigenvalue weighted by molar-refractivity contribution is 6.34. The standard InChI is InChI=1S/C16H24ClN3/c1-16(2,3)11-6-8-20(9-7-11)12-4-5-13(15(18)19)14(17)10-12/h4-5,10-11H,6-9H2,1-3H3,(H3,18,19). The summed E-state index contributed by atoms with van der Waals surface area (Å²) >= 11 is 6.20. The van der Waals surface area contributed by atoms with Gasteiger partial charge in [-0.3, -0.25) is 5.41 Å². The Hall–Kier alpha value is -1.22. The molecule has 1 saturated heterocycles. The lowest BCUT2D eigenvalue weighted by molar-refractivity contribution is 0.199. The molecule has 1 heterocycles. The number of rotatable bonds is 2. The number of piperidine rings is 1. The summed E-state index contributed by atoms with van der Waals surface area (Å²) in [4.78, 5) is 2.37. The van der Waals surface area contributed by atoms with Gasteiger partial charge in [0.2, 0.25) is 0 Å². The Morgan fingerprint density at radius 2 is 1.90 bits per heavy atom. The summed E-state index contributed by atoms with van der Waals surface area (Å²) in [5.41, 5.74) is 7.63. The van der Waals surface area contributed by atoms with Crippen molar-refractivity contribution < 1.29 is 0 Å². The number of hydrogen-bond donors (Lipinski definition) is 2. The molecule has 2 rings (SSSR count). The number of amidine groups is 1. The quantitative estimate of drug-likeness (QED) is 0.642. The fourth-order valence-electron chi connectivity index (χ4n) is 2.92. The maximum absolute atomic E-state index is 7.47. The number of halogens is 1. The molecule has 3 N–H and O–H groups in total. The second-order valence-electron chi connectivity index (χ2n) is 6.71. The molecule has 20 heavy (non-hydrogen) atoms. The van der Waals surface area contributed by atoms with Crippen molar-refractivity contribution in [2.75, 3.05) is 18.0 Å². The first-order chi connectivity index (χ1) is 9.29. The van der Waals surface area contributed by atoms with Gasteiger partial charge in [-0.1, -0.05) is 32.4 Å². The largest absolute Gasteiger partial charge is 0.384 e. The topological polar surface area (TPSA) is 53.1 Å². The van der Waals surface area contributed by atoms with Gasteiger partial charge in [-0.2, -0.15) is 0 Å². The monoisotopic (exact) mass is 293 g/mol. The van der Waals surface area contributed by atoms with Crippen molar-refractivity contribution in [1.82, 2.24) is 0 Å². The summed E-state index contributed by atoms with van der Waals surface area (Å²) in [5.74, 6) is 0.804. The summed E-state index contributed by atoms with van der Waals surface area (Å²) in [7, 11) is 0. The second-order valence-corrected chi connectivity index (χ2v) is 7.11. The molecule has 1 aliphatic heterocycles. The van der Waals surface area contributed by atoms with E-state index in [1.807, 2.05) is 18.2 Å². The highest BCUT2D eigenvalue weighted by Gasteiger charge is 2.28. The van der Waals surface area contributed by atoms with E-state index < -0.39 is 0 Å².